The van der Waals surface area contributed by atoms with E-state index in [4.69, 9.17) is 14.4 Å². The zero-order chi connectivity index (χ0) is 17.6. The minimum absolute atomic E-state index is 0.00949. The Balaban J connectivity index is 1.56. The van der Waals surface area contributed by atoms with Gasteiger partial charge in [0, 0.05) is 31.3 Å². The third-order valence-electron chi connectivity index (χ3n) is 3.63. The fourth-order valence-corrected chi connectivity index (χ4v) is 2.35. The summed E-state index contributed by atoms with van der Waals surface area (Å²) < 4.78 is 10.5. The minimum Gasteiger partial charge on any atom is -0.485 e. The number of aryl methyl sites for hydroxylation is 1. The Bertz CT molecular complexity index is 774. The van der Waals surface area contributed by atoms with Gasteiger partial charge in [-0.2, -0.15) is 4.98 Å². The molecule has 0 aliphatic carbocycles. The molecule has 25 heavy (non-hydrogen) atoms. The van der Waals surface area contributed by atoms with Gasteiger partial charge in [-0.3, -0.25) is 9.59 Å². The highest BCUT2D eigenvalue weighted by Gasteiger charge is 2.17. The van der Waals surface area contributed by atoms with Crippen molar-refractivity contribution in [1.29, 1.82) is 0 Å². The molecule has 1 aliphatic rings. The SMILES string of the molecule is O=C1CCc2ccc(OCc3noc(C(=O)NCCCO)n3)cc2N1. The fourth-order valence-electron chi connectivity index (χ4n) is 2.35. The van der Waals surface area contributed by atoms with Gasteiger partial charge in [0.2, 0.25) is 11.7 Å². The molecule has 2 aromatic rings. The molecule has 0 saturated heterocycles. The summed E-state index contributed by atoms with van der Waals surface area (Å²) in [4.78, 5) is 27.1. The normalized spacial score (nSPS) is 13.1. The van der Waals surface area contributed by atoms with E-state index in [1.54, 1.807) is 12.1 Å². The Labute approximate surface area is 143 Å². The summed E-state index contributed by atoms with van der Waals surface area (Å²) in [7, 11) is 0. The van der Waals surface area contributed by atoms with Crippen LogP contribution < -0.4 is 15.4 Å². The zero-order valence-corrected chi connectivity index (χ0v) is 13.4. The molecule has 2 amide bonds. The Morgan fingerprint density at radius 2 is 2.28 bits per heavy atom. The van der Waals surface area contributed by atoms with Crippen LogP contribution in [0.4, 0.5) is 5.69 Å². The number of carbonyl (C=O) groups excluding carboxylic acids is 2. The van der Waals surface area contributed by atoms with Crippen LogP contribution in [-0.4, -0.2) is 40.2 Å². The largest absolute Gasteiger partial charge is 0.485 e. The predicted molar refractivity (Wildman–Crippen MR) is 86.1 cm³/mol. The van der Waals surface area contributed by atoms with E-state index in [9.17, 15) is 9.59 Å². The molecule has 0 fully saturated rings. The van der Waals surface area contributed by atoms with Crippen LogP contribution in [0.15, 0.2) is 22.7 Å². The molecule has 0 spiro atoms. The van der Waals surface area contributed by atoms with E-state index in [0.717, 1.165) is 11.3 Å². The van der Waals surface area contributed by atoms with Crippen molar-refractivity contribution in [3.63, 3.8) is 0 Å². The van der Waals surface area contributed by atoms with E-state index in [-0.39, 0.29) is 30.8 Å². The van der Waals surface area contributed by atoms with Crippen molar-refractivity contribution in [2.75, 3.05) is 18.5 Å². The number of hydrogen-bond acceptors (Lipinski definition) is 7. The first-order chi connectivity index (χ1) is 12.2. The van der Waals surface area contributed by atoms with E-state index in [0.29, 0.717) is 31.6 Å². The number of hydrogen-bond donors (Lipinski definition) is 3. The van der Waals surface area contributed by atoms with Crippen LogP contribution >= 0.6 is 0 Å². The number of nitrogens with one attached hydrogen (secondary N) is 2. The van der Waals surface area contributed by atoms with Gasteiger partial charge < -0.3 is 25.0 Å². The number of ether oxygens (including phenoxy) is 1. The Hall–Kier alpha value is -2.94. The summed E-state index contributed by atoms with van der Waals surface area (Å²) >= 11 is 0. The maximum Gasteiger partial charge on any atom is 0.316 e. The van der Waals surface area contributed by atoms with E-state index >= 15 is 0 Å². The Morgan fingerprint density at radius 1 is 1.40 bits per heavy atom. The number of aliphatic hydroxyl groups is 1. The van der Waals surface area contributed by atoms with Gasteiger partial charge in [0.25, 0.3) is 0 Å². The highest BCUT2D eigenvalue weighted by atomic mass is 16.5. The maximum absolute atomic E-state index is 11.7. The molecule has 1 aromatic carbocycles. The molecule has 1 aliphatic heterocycles. The summed E-state index contributed by atoms with van der Waals surface area (Å²) in [6.45, 7) is 0.342. The second-order valence-electron chi connectivity index (χ2n) is 5.50. The van der Waals surface area contributed by atoms with Gasteiger partial charge in [0.05, 0.1) is 0 Å². The van der Waals surface area contributed by atoms with Gasteiger partial charge in [0.1, 0.15) is 5.75 Å². The smallest absolute Gasteiger partial charge is 0.316 e. The molecule has 0 unspecified atom stereocenters. The Morgan fingerprint density at radius 3 is 3.12 bits per heavy atom. The third kappa shape index (κ3) is 4.32. The first-order valence-electron chi connectivity index (χ1n) is 7.93. The van der Waals surface area contributed by atoms with Crippen molar-refractivity contribution in [1.82, 2.24) is 15.5 Å². The molecule has 0 bridgehead atoms. The van der Waals surface area contributed by atoms with Gasteiger partial charge in [0.15, 0.2) is 6.61 Å². The van der Waals surface area contributed by atoms with Gasteiger partial charge in [-0.1, -0.05) is 11.2 Å². The molecule has 0 radical (unpaired) electrons. The van der Waals surface area contributed by atoms with Crippen LogP contribution in [0.3, 0.4) is 0 Å². The van der Waals surface area contributed by atoms with Crippen LogP contribution in [0.5, 0.6) is 5.75 Å². The molecular formula is C16H18N4O5. The molecule has 0 atom stereocenters. The van der Waals surface area contributed by atoms with Crippen molar-refractivity contribution in [2.24, 2.45) is 0 Å². The summed E-state index contributed by atoms with van der Waals surface area (Å²) in [6, 6.07) is 5.45. The van der Waals surface area contributed by atoms with E-state index in [1.165, 1.54) is 0 Å². The molecule has 3 rings (SSSR count). The first kappa shape index (κ1) is 16.9. The summed E-state index contributed by atoms with van der Waals surface area (Å²) in [6.07, 6.45) is 1.64. The number of amides is 2. The van der Waals surface area contributed by atoms with Crippen molar-refractivity contribution in [3.05, 3.63) is 35.5 Å². The van der Waals surface area contributed by atoms with Crippen LogP contribution in [0, 0.1) is 0 Å². The number of benzene rings is 1. The average Bonchev–Trinajstić information content (AvgIpc) is 3.09. The number of fused-ring (bicyclic) bond motifs is 1. The van der Waals surface area contributed by atoms with Crippen molar-refractivity contribution in [3.8, 4) is 5.75 Å². The van der Waals surface area contributed by atoms with Gasteiger partial charge >= 0.3 is 11.8 Å². The summed E-state index contributed by atoms with van der Waals surface area (Å²) in [5, 5.41) is 17.7. The quantitative estimate of drug-likeness (QED) is 0.628. The van der Waals surface area contributed by atoms with Gasteiger partial charge in [-0.15, -0.1) is 0 Å². The van der Waals surface area contributed by atoms with Gasteiger partial charge in [-0.25, -0.2) is 0 Å². The zero-order valence-electron chi connectivity index (χ0n) is 13.4. The second-order valence-corrected chi connectivity index (χ2v) is 5.50. The number of aromatic nitrogens is 2. The molecule has 1 aromatic heterocycles. The molecule has 132 valence electrons. The van der Waals surface area contributed by atoms with Crippen LogP contribution in [0.1, 0.15) is 34.9 Å². The van der Waals surface area contributed by atoms with E-state index in [1.807, 2.05) is 6.07 Å². The molecule has 9 nitrogen and oxygen atoms in total. The average molecular weight is 346 g/mol. The molecule has 3 N–H and O–H groups in total. The lowest BCUT2D eigenvalue weighted by Gasteiger charge is -2.17. The van der Waals surface area contributed by atoms with Crippen LogP contribution in [0.25, 0.3) is 0 Å². The molecule has 9 heteroatoms. The van der Waals surface area contributed by atoms with Crippen LogP contribution in [0.2, 0.25) is 0 Å². The van der Waals surface area contributed by atoms with Gasteiger partial charge in [-0.05, 0) is 24.5 Å². The number of nitrogens with zero attached hydrogens (tertiary/aromatic N) is 2. The van der Waals surface area contributed by atoms with E-state index in [2.05, 4.69) is 20.8 Å². The standard InChI is InChI=1S/C16H18N4O5/c21-7-1-6-17-15(23)16-19-13(20-25-16)9-24-11-4-2-10-3-5-14(22)18-12(10)8-11/h2,4,8,21H,1,3,5-7,9H2,(H,17,23)(H,18,22). The van der Waals surface area contributed by atoms with Crippen molar-refractivity contribution in [2.45, 2.75) is 25.9 Å². The number of anilines is 1. The minimum atomic E-state index is -0.497. The summed E-state index contributed by atoms with van der Waals surface area (Å²) in [5.74, 6) is 0.117. The first-order valence-corrected chi connectivity index (χ1v) is 7.93. The third-order valence-corrected chi connectivity index (χ3v) is 3.63. The Kier molecular flexibility index (Phi) is 5.24. The second kappa shape index (κ2) is 7.75. The molecule has 0 saturated carbocycles. The highest BCUT2D eigenvalue weighted by Crippen LogP contribution is 2.27. The van der Waals surface area contributed by atoms with E-state index < -0.39 is 5.91 Å². The lowest BCUT2D eigenvalue weighted by Crippen LogP contribution is -2.25. The number of rotatable bonds is 7. The number of carbonyl (C=O) groups is 2. The predicted octanol–water partition coefficient (Wildman–Crippen LogP) is 0.645. The summed E-state index contributed by atoms with van der Waals surface area (Å²) in [5.41, 5.74) is 1.80. The molecule has 2 heterocycles. The number of aliphatic hydroxyl groups excluding tert-OH is 1. The highest BCUT2D eigenvalue weighted by molar-refractivity contribution is 5.94. The topological polar surface area (TPSA) is 127 Å². The van der Waals surface area contributed by atoms with Crippen molar-refractivity contribution < 1.29 is 24.0 Å². The fraction of sp³-hybridized carbons (Fsp3) is 0.375. The van der Waals surface area contributed by atoms with Crippen LogP contribution in [-0.2, 0) is 17.8 Å². The van der Waals surface area contributed by atoms with Crippen molar-refractivity contribution >= 4 is 17.5 Å². The monoisotopic (exact) mass is 346 g/mol. The molecular weight excluding hydrogens is 328 g/mol. The maximum atomic E-state index is 11.7. The lowest BCUT2D eigenvalue weighted by molar-refractivity contribution is -0.116. The lowest BCUT2D eigenvalue weighted by atomic mass is 10.0.